The van der Waals surface area contributed by atoms with Crippen LogP contribution in [0.2, 0.25) is 0 Å². The highest BCUT2D eigenvalue weighted by Crippen LogP contribution is 2.16. The molecular formula is C14H22N2. The van der Waals surface area contributed by atoms with Gasteiger partial charge in [0.15, 0.2) is 0 Å². The number of pyridine rings is 1. The van der Waals surface area contributed by atoms with Crippen LogP contribution in [-0.2, 0) is 0 Å². The minimum absolute atomic E-state index is 0.433. The summed E-state index contributed by atoms with van der Waals surface area (Å²) in [6.07, 6.45) is 9.00. The molecule has 0 aromatic carbocycles. The maximum Gasteiger partial charge on any atom is 0.0321 e. The quantitative estimate of drug-likeness (QED) is 0.709. The van der Waals surface area contributed by atoms with Crippen molar-refractivity contribution in [2.24, 2.45) is 0 Å². The molecule has 0 fully saturated rings. The van der Waals surface area contributed by atoms with Crippen LogP contribution >= 0.6 is 0 Å². The van der Waals surface area contributed by atoms with Gasteiger partial charge in [0.1, 0.15) is 0 Å². The number of allylic oxidation sites excluding steroid dienone is 1. The van der Waals surface area contributed by atoms with E-state index in [9.17, 15) is 0 Å². The zero-order chi connectivity index (χ0) is 11.8. The van der Waals surface area contributed by atoms with Crippen LogP contribution < -0.4 is 5.32 Å². The van der Waals surface area contributed by atoms with E-state index in [2.05, 4.69) is 42.9 Å². The van der Waals surface area contributed by atoms with Gasteiger partial charge in [-0.05, 0) is 43.9 Å². The third-order valence-electron chi connectivity index (χ3n) is 2.81. The first-order chi connectivity index (χ1) is 7.77. The van der Waals surface area contributed by atoms with Crippen molar-refractivity contribution >= 4 is 0 Å². The van der Waals surface area contributed by atoms with Gasteiger partial charge in [-0.15, -0.1) is 6.58 Å². The van der Waals surface area contributed by atoms with Gasteiger partial charge in [0, 0.05) is 24.5 Å². The van der Waals surface area contributed by atoms with Crippen molar-refractivity contribution in [1.82, 2.24) is 10.3 Å². The van der Waals surface area contributed by atoms with Crippen LogP contribution in [0.3, 0.4) is 0 Å². The minimum Gasteiger partial charge on any atom is -0.307 e. The van der Waals surface area contributed by atoms with Crippen LogP contribution in [0.15, 0.2) is 37.2 Å². The second-order valence-corrected chi connectivity index (χ2v) is 4.18. The summed E-state index contributed by atoms with van der Waals surface area (Å²) in [5.74, 6) is 0. The first-order valence-corrected chi connectivity index (χ1v) is 6.04. The molecule has 1 rings (SSSR count). The monoisotopic (exact) mass is 218 g/mol. The standard InChI is InChI=1S/C14H22N2/c1-4-6-7-12(3)16-14(5-2)13-8-10-15-11-9-13/h4,8-12,14,16H,1,5-7H2,2-3H3. The van der Waals surface area contributed by atoms with E-state index in [0.29, 0.717) is 12.1 Å². The van der Waals surface area contributed by atoms with Crippen molar-refractivity contribution in [3.63, 3.8) is 0 Å². The Bertz CT molecular complexity index is 295. The Labute approximate surface area is 98.8 Å². The molecule has 0 aliphatic heterocycles. The van der Waals surface area contributed by atoms with E-state index in [1.165, 1.54) is 5.56 Å². The second-order valence-electron chi connectivity index (χ2n) is 4.18. The fraction of sp³-hybridized carbons (Fsp3) is 0.500. The van der Waals surface area contributed by atoms with Gasteiger partial charge >= 0.3 is 0 Å². The van der Waals surface area contributed by atoms with E-state index in [0.717, 1.165) is 19.3 Å². The van der Waals surface area contributed by atoms with E-state index in [4.69, 9.17) is 0 Å². The molecule has 0 amide bonds. The molecule has 1 heterocycles. The molecule has 2 unspecified atom stereocenters. The predicted molar refractivity (Wildman–Crippen MR) is 69.3 cm³/mol. The van der Waals surface area contributed by atoms with E-state index >= 15 is 0 Å². The van der Waals surface area contributed by atoms with Gasteiger partial charge in [-0.1, -0.05) is 13.0 Å². The van der Waals surface area contributed by atoms with E-state index < -0.39 is 0 Å². The maximum atomic E-state index is 4.05. The Balaban J connectivity index is 2.52. The fourth-order valence-corrected chi connectivity index (χ4v) is 1.84. The molecule has 0 saturated heterocycles. The Morgan fingerprint density at radius 3 is 2.69 bits per heavy atom. The molecule has 0 spiro atoms. The molecule has 16 heavy (non-hydrogen) atoms. The lowest BCUT2D eigenvalue weighted by Gasteiger charge is -2.22. The van der Waals surface area contributed by atoms with Crippen molar-refractivity contribution in [3.05, 3.63) is 42.7 Å². The van der Waals surface area contributed by atoms with Gasteiger partial charge in [0.2, 0.25) is 0 Å². The molecule has 2 atom stereocenters. The summed E-state index contributed by atoms with van der Waals surface area (Å²) in [6, 6.07) is 5.13. The number of nitrogens with zero attached hydrogens (tertiary/aromatic N) is 1. The molecule has 1 aromatic heterocycles. The number of nitrogens with one attached hydrogen (secondary N) is 1. The average molecular weight is 218 g/mol. The second kappa shape index (κ2) is 7.18. The smallest absolute Gasteiger partial charge is 0.0321 e. The number of hydrogen-bond acceptors (Lipinski definition) is 2. The number of hydrogen-bond donors (Lipinski definition) is 1. The molecular weight excluding hydrogens is 196 g/mol. The summed E-state index contributed by atoms with van der Waals surface area (Å²) in [5, 5.41) is 3.64. The number of rotatable bonds is 7. The first-order valence-electron chi connectivity index (χ1n) is 6.04. The van der Waals surface area contributed by atoms with Crippen molar-refractivity contribution in [2.45, 2.75) is 45.2 Å². The van der Waals surface area contributed by atoms with Gasteiger partial charge in [0.25, 0.3) is 0 Å². The normalized spacial score (nSPS) is 14.4. The van der Waals surface area contributed by atoms with Crippen molar-refractivity contribution in [1.29, 1.82) is 0 Å². The lowest BCUT2D eigenvalue weighted by atomic mass is 10.0. The van der Waals surface area contributed by atoms with Gasteiger partial charge < -0.3 is 5.32 Å². The molecule has 1 aromatic rings. The van der Waals surface area contributed by atoms with Crippen molar-refractivity contribution in [3.8, 4) is 0 Å². The van der Waals surface area contributed by atoms with E-state index in [1.54, 1.807) is 0 Å². The van der Waals surface area contributed by atoms with Crippen LogP contribution in [-0.4, -0.2) is 11.0 Å². The lowest BCUT2D eigenvalue weighted by Crippen LogP contribution is -2.30. The van der Waals surface area contributed by atoms with Crippen molar-refractivity contribution in [2.75, 3.05) is 0 Å². The third-order valence-corrected chi connectivity index (χ3v) is 2.81. The Morgan fingerprint density at radius 1 is 1.44 bits per heavy atom. The Kier molecular flexibility index (Phi) is 5.79. The Hall–Kier alpha value is -1.15. The number of aromatic nitrogens is 1. The summed E-state index contributed by atoms with van der Waals surface area (Å²) < 4.78 is 0. The van der Waals surface area contributed by atoms with Crippen LogP contribution in [0.1, 0.15) is 44.7 Å². The van der Waals surface area contributed by atoms with Gasteiger partial charge in [-0.25, -0.2) is 0 Å². The van der Waals surface area contributed by atoms with Gasteiger partial charge in [-0.2, -0.15) is 0 Å². The fourth-order valence-electron chi connectivity index (χ4n) is 1.84. The summed E-state index contributed by atoms with van der Waals surface area (Å²) in [5.41, 5.74) is 1.32. The first kappa shape index (κ1) is 12.9. The van der Waals surface area contributed by atoms with Crippen molar-refractivity contribution < 1.29 is 0 Å². The summed E-state index contributed by atoms with van der Waals surface area (Å²) in [6.45, 7) is 8.19. The van der Waals surface area contributed by atoms with Crippen LogP contribution in [0, 0.1) is 0 Å². The predicted octanol–water partition coefficient (Wildman–Crippen LogP) is 3.48. The lowest BCUT2D eigenvalue weighted by molar-refractivity contribution is 0.429. The zero-order valence-electron chi connectivity index (χ0n) is 10.3. The van der Waals surface area contributed by atoms with Gasteiger partial charge in [0.05, 0.1) is 0 Å². The van der Waals surface area contributed by atoms with E-state index in [1.807, 2.05) is 18.5 Å². The maximum absolute atomic E-state index is 4.05. The molecule has 0 radical (unpaired) electrons. The molecule has 1 N–H and O–H groups in total. The molecule has 2 nitrogen and oxygen atoms in total. The molecule has 0 aliphatic rings. The highest BCUT2D eigenvalue weighted by molar-refractivity contribution is 5.14. The summed E-state index contributed by atoms with van der Waals surface area (Å²) >= 11 is 0. The molecule has 2 heteroatoms. The molecule has 0 saturated carbocycles. The average Bonchev–Trinajstić information content (AvgIpc) is 2.34. The minimum atomic E-state index is 0.433. The molecule has 88 valence electrons. The third kappa shape index (κ3) is 4.15. The highest BCUT2D eigenvalue weighted by atomic mass is 14.9. The van der Waals surface area contributed by atoms with Crippen LogP contribution in [0.25, 0.3) is 0 Å². The summed E-state index contributed by atoms with van der Waals surface area (Å²) in [4.78, 5) is 4.05. The molecule has 0 aliphatic carbocycles. The highest BCUT2D eigenvalue weighted by Gasteiger charge is 2.11. The summed E-state index contributed by atoms with van der Waals surface area (Å²) in [7, 11) is 0. The van der Waals surface area contributed by atoms with E-state index in [-0.39, 0.29) is 0 Å². The topological polar surface area (TPSA) is 24.9 Å². The Morgan fingerprint density at radius 2 is 2.12 bits per heavy atom. The SMILES string of the molecule is C=CCCC(C)NC(CC)c1ccncc1. The zero-order valence-corrected chi connectivity index (χ0v) is 10.3. The largest absolute Gasteiger partial charge is 0.307 e. The van der Waals surface area contributed by atoms with Gasteiger partial charge in [-0.3, -0.25) is 4.98 Å². The molecule has 0 bridgehead atoms. The van der Waals surface area contributed by atoms with Crippen LogP contribution in [0.4, 0.5) is 0 Å². The van der Waals surface area contributed by atoms with Crippen LogP contribution in [0.5, 0.6) is 0 Å².